The third-order valence-electron chi connectivity index (χ3n) is 5.41. The van der Waals surface area contributed by atoms with Gasteiger partial charge in [-0.25, -0.2) is 0 Å². The Hall–Kier alpha value is -2.66. The molecule has 0 saturated carbocycles. The second kappa shape index (κ2) is 6.01. The highest BCUT2D eigenvalue weighted by molar-refractivity contribution is 5.81. The Morgan fingerprint density at radius 3 is 2.88 bits per heavy atom. The summed E-state index contributed by atoms with van der Waals surface area (Å²) in [6.45, 7) is 3.16. The first-order valence-electron chi connectivity index (χ1n) is 8.95. The van der Waals surface area contributed by atoms with Gasteiger partial charge in [0.25, 0.3) is 0 Å². The predicted molar refractivity (Wildman–Crippen MR) is 99.4 cm³/mol. The fraction of sp³-hybridized carbons (Fsp3) is 0.300. The number of hydrogen-bond acceptors (Lipinski definition) is 3. The van der Waals surface area contributed by atoms with Crippen molar-refractivity contribution in [1.82, 2.24) is 25.1 Å². The second-order valence-electron chi connectivity index (χ2n) is 6.91. The van der Waals surface area contributed by atoms with Crippen LogP contribution in [0.15, 0.2) is 48.8 Å². The Morgan fingerprint density at radius 1 is 1.08 bits per heavy atom. The smallest absolute Gasteiger partial charge is 0.0924 e. The van der Waals surface area contributed by atoms with Crippen LogP contribution in [0.4, 0.5) is 0 Å². The number of likely N-dealkylation sites (tertiary alicyclic amines) is 1. The maximum absolute atomic E-state index is 4.57. The summed E-state index contributed by atoms with van der Waals surface area (Å²) in [4.78, 5) is 10.5. The molecule has 2 N–H and O–H groups in total. The number of aromatic amines is 2. The summed E-state index contributed by atoms with van der Waals surface area (Å²) < 4.78 is 0. The van der Waals surface area contributed by atoms with E-state index in [-0.39, 0.29) is 0 Å². The minimum absolute atomic E-state index is 0.596. The molecule has 5 nitrogen and oxygen atoms in total. The molecule has 0 aliphatic carbocycles. The van der Waals surface area contributed by atoms with Crippen LogP contribution in [0.2, 0.25) is 0 Å². The van der Waals surface area contributed by atoms with Gasteiger partial charge >= 0.3 is 0 Å². The Labute approximate surface area is 146 Å². The molecule has 4 aromatic rings. The molecule has 1 aromatic carbocycles. The number of hydrogen-bond donors (Lipinski definition) is 2. The molecule has 0 unspecified atom stereocenters. The molecule has 5 rings (SSSR count). The maximum atomic E-state index is 4.57. The summed E-state index contributed by atoms with van der Waals surface area (Å²) in [7, 11) is 0. The Morgan fingerprint density at radius 2 is 1.96 bits per heavy atom. The lowest BCUT2D eigenvalue weighted by Gasteiger charge is -2.31. The van der Waals surface area contributed by atoms with E-state index in [9.17, 15) is 0 Å². The number of H-pyrrole nitrogens is 2. The number of nitrogens with zero attached hydrogens (tertiary/aromatic N) is 3. The standard InChI is InChI=1S/C20H21N5/c1-2-5-17-15(4-1)19(24-23-17)13-25-10-7-14(8-11-25)16-12-22-18-6-3-9-21-20(16)18/h1-6,9,12,14,22H,7-8,10-11,13H2,(H,23,24). The maximum Gasteiger partial charge on any atom is 0.0924 e. The van der Waals surface area contributed by atoms with E-state index in [1.807, 2.05) is 18.3 Å². The van der Waals surface area contributed by atoms with Gasteiger partial charge in [0.2, 0.25) is 0 Å². The van der Waals surface area contributed by atoms with Crippen LogP contribution in [0.5, 0.6) is 0 Å². The number of para-hydroxylation sites is 1. The van der Waals surface area contributed by atoms with Crippen molar-refractivity contribution in [2.24, 2.45) is 0 Å². The average molecular weight is 331 g/mol. The molecule has 1 saturated heterocycles. The Bertz CT molecular complexity index is 1010. The van der Waals surface area contributed by atoms with Crippen LogP contribution in [0, 0.1) is 0 Å². The van der Waals surface area contributed by atoms with Crippen molar-refractivity contribution in [2.45, 2.75) is 25.3 Å². The van der Waals surface area contributed by atoms with E-state index in [1.165, 1.54) is 29.5 Å². The summed E-state index contributed by atoms with van der Waals surface area (Å²) in [6, 6.07) is 12.4. The van der Waals surface area contributed by atoms with Gasteiger partial charge in [0.05, 0.1) is 22.2 Å². The van der Waals surface area contributed by atoms with Crippen molar-refractivity contribution in [3.05, 3.63) is 60.0 Å². The first-order valence-corrected chi connectivity index (χ1v) is 8.95. The van der Waals surface area contributed by atoms with Gasteiger partial charge in [-0.15, -0.1) is 0 Å². The molecular weight excluding hydrogens is 310 g/mol. The molecule has 5 heteroatoms. The summed E-state index contributed by atoms with van der Waals surface area (Å²) in [5, 5.41) is 8.87. The average Bonchev–Trinajstić information content (AvgIpc) is 3.27. The molecule has 0 atom stereocenters. The van der Waals surface area contributed by atoms with E-state index in [0.29, 0.717) is 5.92 Å². The van der Waals surface area contributed by atoms with Gasteiger partial charge in [-0.1, -0.05) is 18.2 Å². The third kappa shape index (κ3) is 2.61. The largest absolute Gasteiger partial charge is 0.360 e. The lowest BCUT2D eigenvalue weighted by Crippen LogP contribution is -2.32. The minimum Gasteiger partial charge on any atom is -0.360 e. The zero-order valence-electron chi connectivity index (χ0n) is 14.1. The number of pyridine rings is 1. The number of rotatable bonds is 3. The van der Waals surface area contributed by atoms with Crippen LogP contribution in [0.3, 0.4) is 0 Å². The van der Waals surface area contributed by atoms with Crippen LogP contribution in [-0.4, -0.2) is 38.2 Å². The minimum atomic E-state index is 0.596. The third-order valence-corrected chi connectivity index (χ3v) is 5.41. The van der Waals surface area contributed by atoms with Crippen molar-refractivity contribution >= 4 is 21.9 Å². The van der Waals surface area contributed by atoms with Crippen molar-refractivity contribution in [3.8, 4) is 0 Å². The van der Waals surface area contributed by atoms with Gasteiger partial charge in [-0.2, -0.15) is 5.10 Å². The number of fused-ring (bicyclic) bond motifs is 2. The van der Waals surface area contributed by atoms with Gasteiger partial charge < -0.3 is 4.98 Å². The van der Waals surface area contributed by atoms with Gasteiger partial charge in [0.15, 0.2) is 0 Å². The predicted octanol–water partition coefficient (Wildman–Crippen LogP) is 3.82. The first kappa shape index (κ1) is 14.7. The first-order chi connectivity index (χ1) is 12.4. The normalized spacial score (nSPS) is 16.8. The summed E-state index contributed by atoms with van der Waals surface area (Å²) in [5.74, 6) is 0.596. The molecule has 0 bridgehead atoms. The second-order valence-corrected chi connectivity index (χ2v) is 6.91. The zero-order valence-corrected chi connectivity index (χ0v) is 14.1. The molecule has 3 aromatic heterocycles. The lowest BCUT2D eigenvalue weighted by atomic mass is 9.90. The quantitative estimate of drug-likeness (QED) is 0.600. The van der Waals surface area contributed by atoms with Crippen LogP contribution in [0.25, 0.3) is 21.9 Å². The molecule has 0 radical (unpaired) electrons. The van der Waals surface area contributed by atoms with Crippen LogP contribution >= 0.6 is 0 Å². The summed E-state index contributed by atoms with van der Waals surface area (Å²) in [5.41, 5.74) is 5.94. The Balaban J connectivity index is 1.30. The van der Waals surface area contributed by atoms with E-state index in [0.717, 1.165) is 36.2 Å². The van der Waals surface area contributed by atoms with Gasteiger partial charge in [0.1, 0.15) is 0 Å². The van der Waals surface area contributed by atoms with Crippen LogP contribution in [-0.2, 0) is 6.54 Å². The molecule has 0 amide bonds. The van der Waals surface area contributed by atoms with Crippen molar-refractivity contribution in [2.75, 3.05) is 13.1 Å². The molecule has 1 aliphatic rings. The number of nitrogens with one attached hydrogen (secondary N) is 2. The molecule has 4 heterocycles. The molecule has 0 spiro atoms. The van der Waals surface area contributed by atoms with Crippen LogP contribution in [0.1, 0.15) is 30.0 Å². The van der Waals surface area contributed by atoms with E-state index in [2.05, 4.69) is 55.5 Å². The van der Waals surface area contributed by atoms with E-state index >= 15 is 0 Å². The van der Waals surface area contributed by atoms with Gasteiger partial charge in [-0.05, 0) is 55.6 Å². The summed E-state index contributed by atoms with van der Waals surface area (Å²) in [6.07, 6.45) is 6.39. The SMILES string of the molecule is c1ccc2c(CN3CCC(c4c[nH]c5cccnc45)CC3)[nH]nc2c1. The highest BCUT2D eigenvalue weighted by Gasteiger charge is 2.24. The van der Waals surface area contributed by atoms with Crippen LogP contribution < -0.4 is 0 Å². The van der Waals surface area contributed by atoms with Crippen molar-refractivity contribution in [1.29, 1.82) is 0 Å². The van der Waals surface area contributed by atoms with Crippen molar-refractivity contribution < 1.29 is 0 Å². The summed E-state index contributed by atoms with van der Waals surface area (Å²) >= 11 is 0. The van der Waals surface area contributed by atoms with Gasteiger partial charge in [0, 0.05) is 24.3 Å². The van der Waals surface area contributed by atoms with Crippen molar-refractivity contribution in [3.63, 3.8) is 0 Å². The monoisotopic (exact) mass is 331 g/mol. The number of aromatic nitrogens is 4. The Kier molecular flexibility index (Phi) is 3.52. The molecule has 126 valence electrons. The fourth-order valence-electron chi connectivity index (χ4n) is 4.05. The molecular formula is C20H21N5. The number of piperidine rings is 1. The zero-order chi connectivity index (χ0) is 16.6. The van der Waals surface area contributed by atoms with Gasteiger partial charge in [-0.3, -0.25) is 15.0 Å². The molecule has 25 heavy (non-hydrogen) atoms. The molecule has 1 fully saturated rings. The topological polar surface area (TPSA) is 60.6 Å². The van der Waals surface area contributed by atoms with E-state index in [4.69, 9.17) is 0 Å². The number of benzene rings is 1. The van der Waals surface area contributed by atoms with E-state index < -0.39 is 0 Å². The highest BCUT2D eigenvalue weighted by Crippen LogP contribution is 2.32. The lowest BCUT2D eigenvalue weighted by molar-refractivity contribution is 0.203. The van der Waals surface area contributed by atoms with E-state index in [1.54, 1.807) is 0 Å². The molecule has 1 aliphatic heterocycles. The fourth-order valence-corrected chi connectivity index (χ4v) is 4.05. The highest BCUT2D eigenvalue weighted by atomic mass is 15.2.